The Balaban J connectivity index is 2.19. The zero-order valence-corrected chi connectivity index (χ0v) is 10.7. The Hall–Kier alpha value is -2.83. The van der Waals surface area contributed by atoms with Crippen LogP contribution in [0.1, 0.15) is 17.3 Å². The van der Waals surface area contributed by atoms with Crippen molar-refractivity contribution in [2.45, 2.75) is 6.92 Å². The van der Waals surface area contributed by atoms with Crippen molar-refractivity contribution in [1.29, 1.82) is 0 Å². The minimum absolute atomic E-state index is 0.313. The van der Waals surface area contributed by atoms with Crippen LogP contribution >= 0.6 is 0 Å². The first-order valence-electron chi connectivity index (χ1n) is 6.10. The Morgan fingerprint density at radius 1 is 1.35 bits per heavy atom. The van der Waals surface area contributed by atoms with Crippen LogP contribution in [0, 0.1) is 0 Å². The molecule has 0 fully saturated rings. The molecule has 0 saturated heterocycles. The van der Waals surface area contributed by atoms with Crippen molar-refractivity contribution in [2.75, 3.05) is 6.61 Å². The summed E-state index contributed by atoms with van der Waals surface area (Å²) in [6.45, 7) is 2.07. The smallest absolute Gasteiger partial charge is 0.338 e. The van der Waals surface area contributed by atoms with Crippen LogP contribution in [0.4, 0.5) is 0 Å². The van der Waals surface area contributed by atoms with E-state index in [1.54, 1.807) is 25.3 Å². The lowest BCUT2D eigenvalue weighted by Gasteiger charge is -2.06. The molecule has 7 nitrogen and oxygen atoms in total. The summed E-state index contributed by atoms with van der Waals surface area (Å²) in [4.78, 5) is 16.1. The molecule has 100 valence electrons. The van der Waals surface area contributed by atoms with Gasteiger partial charge >= 0.3 is 5.97 Å². The molecule has 0 bridgehead atoms. The molecule has 0 unspecified atom stereocenters. The fourth-order valence-corrected chi connectivity index (χ4v) is 1.87. The van der Waals surface area contributed by atoms with E-state index in [0.717, 1.165) is 0 Å². The van der Waals surface area contributed by atoms with E-state index in [4.69, 9.17) is 4.74 Å². The summed E-state index contributed by atoms with van der Waals surface area (Å²) in [5.74, 6) is -0.407. The number of hydrogen-bond donors (Lipinski definition) is 0. The van der Waals surface area contributed by atoms with Crippen molar-refractivity contribution in [2.24, 2.45) is 0 Å². The average Bonchev–Trinajstić information content (AvgIpc) is 2.95. The van der Waals surface area contributed by atoms with Crippen molar-refractivity contribution in [3.8, 4) is 11.4 Å². The second kappa shape index (κ2) is 5.04. The van der Waals surface area contributed by atoms with E-state index < -0.39 is 5.97 Å². The fraction of sp³-hybridized carbons (Fsp3) is 0.154. The van der Waals surface area contributed by atoms with Crippen molar-refractivity contribution in [3.05, 3.63) is 42.1 Å². The Bertz CT molecular complexity index is 754. The highest BCUT2D eigenvalue weighted by Crippen LogP contribution is 2.19. The van der Waals surface area contributed by atoms with Crippen molar-refractivity contribution >= 4 is 11.6 Å². The number of hydrogen-bond acceptors (Lipinski definition) is 6. The van der Waals surface area contributed by atoms with E-state index in [-0.39, 0.29) is 0 Å². The molecule has 0 atom stereocenters. The van der Waals surface area contributed by atoms with Crippen molar-refractivity contribution in [1.82, 2.24) is 25.0 Å². The molecule has 7 heteroatoms. The second-order valence-electron chi connectivity index (χ2n) is 4.01. The first kappa shape index (κ1) is 12.2. The highest BCUT2D eigenvalue weighted by atomic mass is 16.5. The van der Waals surface area contributed by atoms with Crippen LogP contribution < -0.4 is 0 Å². The number of carbonyl (C=O) groups is 1. The standard InChI is InChI=1S/C13H11N5O2/c1-2-20-13(19)9-7-11(10-5-3-4-6-14-10)18-12(8-9)15-16-17-18/h3-8H,2H2,1H3. The first-order valence-corrected chi connectivity index (χ1v) is 6.10. The van der Waals surface area contributed by atoms with Gasteiger partial charge in [-0.2, -0.15) is 4.52 Å². The summed E-state index contributed by atoms with van der Waals surface area (Å²) in [5.41, 5.74) is 2.18. The quantitative estimate of drug-likeness (QED) is 0.668. The van der Waals surface area contributed by atoms with E-state index in [9.17, 15) is 4.79 Å². The van der Waals surface area contributed by atoms with E-state index in [1.807, 2.05) is 18.2 Å². The number of esters is 1. The molecule has 0 saturated carbocycles. The lowest BCUT2D eigenvalue weighted by Crippen LogP contribution is -2.07. The van der Waals surface area contributed by atoms with Gasteiger partial charge in [0.15, 0.2) is 5.65 Å². The molecule has 0 aliphatic rings. The number of nitrogens with zero attached hydrogens (tertiary/aromatic N) is 5. The summed E-state index contributed by atoms with van der Waals surface area (Å²) >= 11 is 0. The summed E-state index contributed by atoms with van der Waals surface area (Å²) in [5, 5.41) is 11.4. The zero-order chi connectivity index (χ0) is 13.9. The summed E-state index contributed by atoms with van der Waals surface area (Å²) in [6, 6.07) is 8.75. The normalized spacial score (nSPS) is 10.7. The molecule has 0 spiro atoms. The van der Waals surface area contributed by atoms with Gasteiger partial charge < -0.3 is 4.74 Å². The Morgan fingerprint density at radius 2 is 2.25 bits per heavy atom. The second-order valence-corrected chi connectivity index (χ2v) is 4.01. The van der Waals surface area contributed by atoms with E-state index in [0.29, 0.717) is 29.2 Å². The summed E-state index contributed by atoms with van der Waals surface area (Å²) in [6.07, 6.45) is 1.67. The number of tetrazole rings is 1. The molecule has 0 radical (unpaired) electrons. The minimum atomic E-state index is -0.407. The predicted octanol–water partition coefficient (Wildman–Crippen LogP) is 1.36. The summed E-state index contributed by atoms with van der Waals surface area (Å²) < 4.78 is 6.54. The van der Waals surface area contributed by atoms with Gasteiger partial charge in [0.05, 0.1) is 23.6 Å². The third kappa shape index (κ3) is 2.09. The molecule has 0 aromatic carbocycles. The predicted molar refractivity (Wildman–Crippen MR) is 70.0 cm³/mol. The van der Waals surface area contributed by atoms with Crippen LogP contribution in [0.2, 0.25) is 0 Å². The van der Waals surface area contributed by atoms with E-state index in [1.165, 1.54) is 4.52 Å². The first-order chi connectivity index (χ1) is 9.79. The highest BCUT2D eigenvalue weighted by molar-refractivity contribution is 5.91. The van der Waals surface area contributed by atoms with E-state index in [2.05, 4.69) is 20.5 Å². The minimum Gasteiger partial charge on any atom is -0.462 e. The van der Waals surface area contributed by atoms with Gasteiger partial charge in [-0.1, -0.05) is 6.07 Å². The number of carbonyl (C=O) groups excluding carboxylic acids is 1. The lowest BCUT2D eigenvalue weighted by molar-refractivity contribution is 0.0526. The molecule has 0 N–H and O–H groups in total. The third-order valence-corrected chi connectivity index (χ3v) is 2.74. The monoisotopic (exact) mass is 269 g/mol. The highest BCUT2D eigenvalue weighted by Gasteiger charge is 2.14. The van der Waals surface area contributed by atoms with Crippen LogP contribution in [0.3, 0.4) is 0 Å². The maximum Gasteiger partial charge on any atom is 0.338 e. The molecule has 3 rings (SSSR count). The number of rotatable bonds is 3. The molecule has 3 aromatic rings. The Kier molecular flexibility index (Phi) is 3.08. The Labute approximate surface area is 114 Å². The Morgan fingerprint density at radius 3 is 3.00 bits per heavy atom. The van der Waals surface area contributed by atoms with Gasteiger partial charge in [-0.05, 0) is 41.6 Å². The molecular weight excluding hydrogens is 258 g/mol. The maximum atomic E-state index is 11.9. The van der Waals surface area contributed by atoms with Crippen LogP contribution in [-0.4, -0.2) is 37.6 Å². The molecular formula is C13H11N5O2. The van der Waals surface area contributed by atoms with Crippen LogP contribution in [-0.2, 0) is 4.74 Å². The molecule has 3 heterocycles. The van der Waals surface area contributed by atoms with Gasteiger partial charge in [0.25, 0.3) is 0 Å². The molecule has 0 aliphatic carbocycles. The van der Waals surface area contributed by atoms with Crippen LogP contribution in [0.15, 0.2) is 36.5 Å². The van der Waals surface area contributed by atoms with Gasteiger partial charge in [-0.3, -0.25) is 4.98 Å². The van der Waals surface area contributed by atoms with Gasteiger partial charge in [-0.25, -0.2) is 4.79 Å². The van der Waals surface area contributed by atoms with Gasteiger partial charge in [-0.15, -0.1) is 5.10 Å². The largest absolute Gasteiger partial charge is 0.462 e. The SMILES string of the molecule is CCOC(=O)c1cc(-c2ccccn2)n2nnnc2c1. The molecule has 3 aromatic heterocycles. The van der Waals surface area contributed by atoms with Gasteiger partial charge in [0.1, 0.15) is 0 Å². The van der Waals surface area contributed by atoms with Gasteiger partial charge in [0.2, 0.25) is 0 Å². The average molecular weight is 269 g/mol. The third-order valence-electron chi connectivity index (χ3n) is 2.74. The molecule has 20 heavy (non-hydrogen) atoms. The number of fused-ring (bicyclic) bond motifs is 1. The topological polar surface area (TPSA) is 82.3 Å². The maximum absolute atomic E-state index is 11.9. The molecule has 0 aliphatic heterocycles. The van der Waals surface area contributed by atoms with Crippen molar-refractivity contribution < 1.29 is 9.53 Å². The number of aromatic nitrogens is 5. The zero-order valence-electron chi connectivity index (χ0n) is 10.7. The molecule has 0 amide bonds. The van der Waals surface area contributed by atoms with Crippen molar-refractivity contribution in [3.63, 3.8) is 0 Å². The number of pyridine rings is 2. The van der Waals surface area contributed by atoms with Crippen LogP contribution in [0.5, 0.6) is 0 Å². The van der Waals surface area contributed by atoms with Gasteiger partial charge in [0, 0.05) is 6.20 Å². The number of ether oxygens (including phenoxy) is 1. The van der Waals surface area contributed by atoms with Crippen LogP contribution in [0.25, 0.3) is 17.0 Å². The van der Waals surface area contributed by atoms with E-state index >= 15 is 0 Å². The lowest BCUT2D eigenvalue weighted by atomic mass is 10.2. The fourth-order valence-electron chi connectivity index (χ4n) is 1.87. The summed E-state index contributed by atoms with van der Waals surface area (Å²) in [7, 11) is 0.